The maximum atomic E-state index is 12.0. The largest absolute Gasteiger partial charge is 0.483 e. The van der Waals surface area contributed by atoms with Crippen molar-refractivity contribution in [2.75, 3.05) is 13.2 Å². The lowest BCUT2D eigenvalue weighted by Gasteiger charge is -2.29. The Morgan fingerprint density at radius 3 is 2.70 bits per heavy atom. The van der Waals surface area contributed by atoms with E-state index in [0.29, 0.717) is 17.4 Å². The summed E-state index contributed by atoms with van der Waals surface area (Å²) in [6.07, 6.45) is 4.94. The number of amides is 3. The van der Waals surface area contributed by atoms with Crippen molar-refractivity contribution in [2.24, 2.45) is 5.92 Å². The van der Waals surface area contributed by atoms with Crippen molar-refractivity contribution in [2.45, 2.75) is 64.5 Å². The van der Waals surface area contributed by atoms with Crippen LogP contribution in [0.25, 0.3) is 0 Å². The number of para-hydroxylation sites is 1. The zero-order valence-corrected chi connectivity index (χ0v) is 17.8. The summed E-state index contributed by atoms with van der Waals surface area (Å²) in [5.41, 5.74) is 0.694. The van der Waals surface area contributed by atoms with Crippen molar-refractivity contribution in [3.05, 3.63) is 23.8 Å². The SMILES string of the molecule is C[C@H]1CCCC[C@H]1NC(=O)NC(=O)COC(=O)COc1cccc2c1OC(C)(C)C2. The van der Waals surface area contributed by atoms with Gasteiger partial charge < -0.3 is 19.5 Å². The number of esters is 1. The van der Waals surface area contributed by atoms with Gasteiger partial charge in [0, 0.05) is 18.0 Å². The standard InChI is InChI=1S/C22H30N2O6/c1-14-7-4-5-9-16(14)23-21(27)24-18(25)12-29-19(26)13-28-17-10-6-8-15-11-22(2,3)30-20(15)17/h6,8,10,14,16H,4-5,7,9,11-13H2,1-3H3,(H2,23,24,25,27)/t14-,16+/m0/s1. The second-order valence-corrected chi connectivity index (χ2v) is 8.62. The number of hydrogen-bond acceptors (Lipinski definition) is 6. The molecule has 3 amide bonds. The maximum Gasteiger partial charge on any atom is 0.344 e. The summed E-state index contributed by atoms with van der Waals surface area (Å²) in [6, 6.07) is 5.01. The van der Waals surface area contributed by atoms with Gasteiger partial charge >= 0.3 is 12.0 Å². The molecular weight excluding hydrogens is 388 g/mol. The number of nitrogens with one attached hydrogen (secondary N) is 2. The van der Waals surface area contributed by atoms with Gasteiger partial charge in [0.05, 0.1) is 0 Å². The number of imide groups is 1. The zero-order valence-electron chi connectivity index (χ0n) is 17.8. The molecule has 0 bridgehead atoms. The molecule has 1 saturated carbocycles. The lowest BCUT2D eigenvalue weighted by molar-refractivity contribution is -0.150. The van der Waals surface area contributed by atoms with E-state index in [9.17, 15) is 14.4 Å². The normalized spacial score (nSPS) is 21.7. The number of fused-ring (bicyclic) bond motifs is 1. The minimum atomic E-state index is -0.707. The van der Waals surface area contributed by atoms with Crippen LogP contribution in [0.2, 0.25) is 0 Å². The van der Waals surface area contributed by atoms with E-state index in [2.05, 4.69) is 17.6 Å². The highest BCUT2D eigenvalue weighted by atomic mass is 16.6. The average molecular weight is 418 g/mol. The quantitative estimate of drug-likeness (QED) is 0.689. The van der Waals surface area contributed by atoms with E-state index >= 15 is 0 Å². The van der Waals surface area contributed by atoms with E-state index in [1.807, 2.05) is 26.0 Å². The van der Waals surface area contributed by atoms with Gasteiger partial charge in [-0.05, 0) is 38.7 Å². The summed E-state index contributed by atoms with van der Waals surface area (Å²) in [7, 11) is 0. The van der Waals surface area contributed by atoms with Crippen LogP contribution in [0.3, 0.4) is 0 Å². The van der Waals surface area contributed by atoms with Crippen LogP contribution in [0.1, 0.15) is 52.0 Å². The lowest BCUT2D eigenvalue weighted by atomic mass is 9.86. The molecule has 1 aromatic carbocycles. The fourth-order valence-corrected chi connectivity index (χ4v) is 3.92. The highest BCUT2D eigenvalue weighted by molar-refractivity contribution is 5.95. The smallest absolute Gasteiger partial charge is 0.344 e. The lowest BCUT2D eigenvalue weighted by Crippen LogP contribution is -2.48. The van der Waals surface area contributed by atoms with Crippen LogP contribution in [0.4, 0.5) is 4.79 Å². The van der Waals surface area contributed by atoms with Gasteiger partial charge in [-0.25, -0.2) is 9.59 Å². The molecule has 1 fully saturated rings. The molecule has 2 N–H and O–H groups in total. The molecule has 0 radical (unpaired) electrons. The number of carbonyl (C=O) groups is 3. The Morgan fingerprint density at radius 2 is 1.93 bits per heavy atom. The van der Waals surface area contributed by atoms with Gasteiger partial charge in [0.2, 0.25) is 0 Å². The van der Waals surface area contributed by atoms with Crippen LogP contribution in [0.5, 0.6) is 11.5 Å². The first-order chi connectivity index (χ1) is 14.2. The second-order valence-electron chi connectivity index (χ2n) is 8.62. The van der Waals surface area contributed by atoms with E-state index < -0.39 is 24.5 Å². The van der Waals surface area contributed by atoms with Crippen molar-refractivity contribution < 1.29 is 28.6 Å². The Hall–Kier alpha value is -2.77. The zero-order chi connectivity index (χ0) is 21.7. The third kappa shape index (κ3) is 5.87. The number of hydrogen-bond donors (Lipinski definition) is 2. The van der Waals surface area contributed by atoms with Gasteiger partial charge in [-0.1, -0.05) is 31.9 Å². The third-order valence-corrected chi connectivity index (χ3v) is 5.45. The molecule has 3 rings (SSSR count). The van der Waals surface area contributed by atoms with Crippen molar-refractivity contribution >= 4 is 17.9 Å². The van der Waals surface area contributed by atoms with Crippen molar-refractivity contribution in [3.63, 3.8) is 0 Å². The van der Waals surface area contributed by atoms with Crippen molar-refractivity contribution in [1.82, 2.24) is 10.6 Å². The Labute approximate surface area is 176 Å². The number of benzene rings is 1. The predicted octanol–water partition coefficient (Wildman–Crippen LogP) is 2.73. The van der Waals surface area contributed by atoms with E-state index in [1.165, 1.54) is 0 Å². The summed E-state index contributed by atoms with van der Waals surface area (Å²) in [5.74, 6) is 0.0713. The molecule has 1 aliphatic heterocycles. The van der Waals surface area contributed by atoms with Crippen LogP contribution in [0.15, 0.2) is 18.2 Å². The van der Waals surface area contributed by atoms with Gasteiger partial charge in [-0.15, -0.1) is 0 Å². The van der Waals surface area contributed by atoms with Gasteiger partial charge in [-0.2, -0.15) is 0 Å². The maximum absolute atomic E-state index is 12.0. The highest BCUT2D eigenvalue weighted by Crippen LogP contribution is 2.41. The van der Waals surface area contributed by atoms with Gasteiger partial charge in [0.1, 0.15) is 5.60 Å². The first kappa shape index (κ1) is 21.9. The molecular formula is C22H30N2O6. The van der Waals surface area contributed by atoms with Crippen LogP contribution in [0, 0.1) is 5.92 Å². The number of rotatable bonds is 6. The minimum absolute atomic E-state index is 0.0577. The summed E-state index contributed by atoms with van der Waals surface area (Å²) >= 11 is 0. The van der Waals surface area contributed by atoms with Gasteiger partial charge in [-0.3, -0.25) is 10.1 Å². The number of urea groups is 1. The van der Waals surface area contributed by atoms with Crippen molar-refractivity contribution in [3.8, 4) is 11.5 Å². The Morgan fingerprint density at radius 1 is 1.17 bits per heavy atom. The molecule has 0 saturated heterocycles. The summed E-state index contributed by atoms with van der Waals surface area (Å²) in [4.78, 5) is 35.8. The predicted molar refractivity (Wildman–Crippen MR) is 109 cm³/mol. The molecule has 2 aliphatic rings. The highest BCUT2D eigenvalue weighted by Gasteiger charge is 2.32. The summed E-state index contributed by atoms with van der Waals surface area (Å²) in [6.45, 7) is 5.14. The Balaban J connectivity index is 1.38. The molecule has 8 heteroatoms. The topological polar surface area (TPSA) is 103 Å². The van der Waals surface area contributed by atoms with E-state index in [4.69, 9.17) is 14.2 Å². The van der Waals surface area contributed by atoms with Crippen LogP contribution in [-0.4, -0.2) is 42.8 Å². The molecule has 1 aliphatic carbocycles. The fraction of sp³-hybridized carbons (Fsp3) is 0.591. The molecule has 30 heavy (non-hydrogen) atoms. The van der Waals surface area contributed by atoms with Crippen LogP contribution < -0.4 is 20.1 Å². The molecule has 164 valence electrons. The monoisotopic (exact) mass is 418 g/mol. The van der Waals surface area contributed by atoms with Gasteiger partial charge in [0.15, 0.2) is 24.7 Å². The summed E-state index contributed by atoms with van der Waals surface area (Å²) in [5, 5.41) is 5.01. The fourth-order valence-electron chi connectivity index (χ4n) is 3.92. The number of carbonyl (C=O) groups excluding carboxylic acids is 3. The molecule has 8 nitrogen and oxygen atoms in total. The average Bonchev–Trinajstić information content (AvgIpc) is 3.00. The summed E-state index contributed by atoms with van der Waals surface area (Å²) < 4.78 is 16.3. The molecule has 1 aromatic rings. The van der Waals surface area contributed by atoms with E-state index in [0.717, 1.165) is 37.7 Å². The first-order valence-electron chi connectivity index (χ1n) is 10.4. The van der Waals surface area contributed by atoms with Crippen LogP contribution in [-0.2, 0) is 20.7 Å². The van der Waals surface area contributed by atoms with Crippen LogP contribution >= 0.6 is 0 Å². The third-order valence-electron chi connectivity index (χ3n) is 5.45. The van der Waals surface area contributed by atoms with E-state index in [1.54, 1.807) is 6.07 Å². The number of ether oxygens (including phenoxy) is 3. The molecule has 0 aromatic heterocycles. The van der Waals surface area contributed by atoms with Gasteiger partial charge in [0.25, 0.3) is 5.91 Å². The van der Waals surface area contributed by atoms with Crippen molar-refractivity contribution in [1.29, 1.82) is 0 Å². The molecule has 2 atom stereocenters. The molecule has 0 spiro atoms. The Kier molecular flexibility index (Phi) is 6.84. The second kappa shape index (κ2) is 9.36. The molecule has 0 unspecified atom stereocenters. The first-order valence-corrected chi connectivity index (χ1v) is 10.4. The Bertz CT molecular complexity index is 807. The van der Waals surface area contributed by atoms with E-state index in [-0.39, 0.29) is 18.2 Å². The molecule has 1 heterocycles. The minimum Gasteiger partial charge on any atom is -0.483 e.